The van der Waals surface area contributed by atoms with Gasteiger partial charge in [-0.15, -0.1) is 0 Å². The van der Waals surface area contributed by atoms with Crippen LogP contribution >= 0.6 is 11.6 Å². The first-order valence-electron chi connectivity index (χ1n) is 10.8. The highest BCUT2D eigenvalue weighted by molar-refractivity contribution is 6.52. The van der Waals surface area contributed by atoms with E-state index in [1.165, 1.54) is 4.90 Å². The Morgan fingerprint density at radius 2 is 1.73 bits per heavy atom. The van der Waals surface area contributed by atoms with E-state index in [0.29, 0.717) is 34.2 Å². The van der Waals surface area contributed by atoms with Crippen molar-refractivity contribution in [1.29, 1.82) is 0 Å². The number of hydrogen-bond acceptors (Lipinski definition) is 4. The van der Waals surface area contributed by atoms with Crippen molar-refractivity contribution in [1.82, 2.24) is 0 Å². The van der Waals surface area contributed by atoms with Gasteiger partial charge >= 0.3 is 0 Å². The lowest BCUT2D eigenvalue weighted by molar-refractivity contribution is -0.132. The molecule has 1 fully saturated rings. The van der Waals surface area contributed by atoms with Gasteiger partial charge in [0.05, 0.1) is 18.2 Å². The molecule has 5 nitrogen and oxygen atoms in total. The van der Waals surface area contributed by atoms with Crippen molar-refractivity contribution in [2.24, 2.45) is 0 Å². The summed E-state index contributed by atoms with van der Waals surface area (Å²) < 4.78 is 5.60. The zero-order chi connectivity index (χ0) is 23.5. The Bertz CT molecular complexity index is 1220. The van der Waals surface area contributed by atoms with Crippen molar-refractivity contribution in [3.05, 3.63) is 100 Å². The van der Waals surface area contributed by atoms with Gasteiger partial charge in [0.25, 0.3) is 11.7 Å². The molecule has 1 heterocycles. The van der Waals surface area contributed by atoms with Crippen molar-refractivity contribution in [3.63, 3.8) is 0 Å². The van der Waals surface area contributed by atoms with Crippen LogP contribution in [0, 0.1) is 6.92 Å². The van der Waals surface area contributed by atoms with Crippen LogP contribution in [0.3, 0.4) is 0 Å². The first-order chi connectivity index (χ1) is 15.9. The third kappa shape index (κ3) is 4.37. The molecule has 4 rings (SSSR count). The number of amides is 1. The van der Waals surface area contributed by atoms with Gasteiger partial charge in [0.15, 0.2) is 0 Å². The highest BCUT2D eigenvalue weighted by Gasteiger charge is 2.47. The van der Waals surface area contributed by atoms with Crippen LogP contribution in [0.25, 0.3) is 5.76 Å². The van der Waals surface area contributed by atoms with Crippen LogP contribution in [0.4, 0.5) is 5.69 Å². The second-order valence-corrected chi connectivity index (χ2v) is 8.32. The molecule has 0 radical (unpaired) electrons. The second kappa shape index (κ2) is 9.51. The maximum Gasteiger partial charge on any atom is 0.300 e. The molecule has 1 atom stereocenters. The monoisotopic (exact) mass is 461 g/mol. The summed E-state index contributed by atoms with van der Waals surface area (Å²) >= 11 is 6.22. The topological polar surface area (TPSA) is 66.8 Å². The number of carbonyl (C=O) groups is 2. The Morgan fingerprint density at radius 1 is 1.03 bits per heavy atom. The summed E-state index contributed by atoms with van der Waals surface area (Å²) in [5.74, 6) is -1.01. The maximum atomic E-state index is 13.2. The summed E-state index contributed by atoms with van der Waals surface area (Å²) in [7, 11) is 0. The fourth-order valence-electron chi connectivity index (χ4n) is 3.96. The quantitative estimate of drug-likeness (QED) is 0.275. The van der Waals surface area contributed by atoms with Crippen molar-refractivity contribution >= 4 is 34.7 Å². The molecule has 1 unspecified atom stereocenters. The molecule has 0 aliphatic carbocycles. The molecular weight excluding hydrogens is 438 g/mol. The maximum absolute atomic E-state index is 13.2. The first-order valence-corrected chi connectivity index (χ1v) is 11.2. The molecule has 0 spiro atoms. The molecule has 33 heavy (non-hydrogen) atoms. The normalized spacial score (nSPS) is 17.4. The van der Waals surface area contributed by atoms with Crippen LogP contribution in [0.15, 0.2) is 78.4 Å². The number of aryl methyl sites for hydroxylation is 1. The van der Waals surface area contributed by atoms with Gasteiger partial charge in [0.1, 0.15) is 11.5 Å². The molecule has 0 saturated carbocycles. The molecular formula is C27H24ClNO4. The van der Waals surface area contributed by atoms with Crippen molar-refractivity contribution in [3.8, 4) is 5.75 Å². The number of ketones is 1. The summed E-state index contributed by atoms with van der Waals surface area (Å²) in [5, 5.41) is 11.7. The van der Waals surface area contributed by atoms with Crippen LogP contribution < -0.4 is 9.64 Å². The van der Waals surface area contributed by atoms with Crippen LogP contribution in [-0.4, -0.2) is 23.4 Å². The van der Waals surface area contributed by atoms with Gasteiger partial charge in [-0.1, -0.05) is 54.9 Å². The van der Waals surface area contributed by atoms with Gasteiger partial charge in [-0.3, -0.25) is 14.5 Å². The van der Waals surface area contributed by atoms with Gasteiger partial charge in [-0.2, -0.15) is 0 Å². The fraction of sp³-hybridized carbons (Fsp3) is 0.185. The van der Waals surface area contributed by atoms with Gasteiger partial charge < -0.3 is 9.84 Å². The Balaban J connectivity index is 1.86. The number of carbonyl (C=O) groups excluding carboxylic acids is 2. The average molecular weight is 462 g/mol. The van der Waals surface area contributed by atoms with Crippen LogP contribution in [0.2, 0.25) is 5.02 Å². The van der Waals surface area contributed by atoms with E-state index < -0.39 is 17.7 Å². The van der Waals surface area contributed by atoms with E-state index in [4.69, 9.17) is 16.3 Å². The lowest BCUT2D eigenvalue weighted by Crippen LogP contribution is -2.30. The van der Waals surface area contributed by atoms with Gasteiger partial charge in [0, 0.05) is 16.3 Å². The molecule has 1 amide bonds. The summed E-state index contributed by atoms with van der Waals surface area (Å²) in [6.45, 7) is 4.45. The molecule has 0 bridgehead atoms. The summed E-state index contributed by atoms with van der Waals surface area (Å²) in [6.07, 6.45) is 0.880. The number of aliphatic hydroxyl groups is 1. The zero-order valence-electron chi connectivity index (χ0n) is 18.4. The van der Waals surface area contributed by atoms with E-state index in [1.807, 2.05) is 44.2 Å². The molecule has 1 aliphatic heterocycles. The summed E-state index contributed by atoms with van der Waals surface area (Å²) in [6, 6.07) is 20.4. The fourth-order valence-corrected chi connectivity index (χ4v) is 4.12. The van der Waals surface area contributed by atoms with Gasteiger partial charge in [-0.25, -0.2) is 0 Å². The Hall–Kier alpha value is -3.57. The number of nitrogens with zero attached hydrogens (tertiary/aromatic N) is 1. The number of ether oxygens (including phenoxy) is 1. The van der Waals surface area contributed by atoms with E-state index in [1.54, 1.807) is 42.5 Å². The lowest BCUT2D eigenvalue weighted by atomic mass is 9.95. The summed E-state index contributed by atoms with van der Waals surface area (Å²) in [4.78, 5) is 27.9. The van der Waals surface area contributed by atoms with Crippen LogP contribution in [0.1, 0.15) is 36.1 Å². The highest BCUT2D eigenvalue weighted by atomic mass is 35.5. The third-order valence-electron chi connectivity index (χ3n) is 5.59. The molecule has 1 aliphatic rings. The predicted molar refractivity (Wildman–Crippen MR) is 130 cm³/mol. The lowest BCUT2D eigenvalue weighted by Gasteiger charge is -2.27. The minimum Gasteiger partial charge on any atom is -0.507 e. The number of benzene rings is 3. The number of halogens is 1. The minimum atomic E-state index is -0.792. The largest absolute Gasteiger partial charge is 0.507 e. The van der Waals surface area contributed by atoms with E-state index in [9.17, 15) is 14.7 Å². The van der Waals surface area contributed by atoms with Crippen molar-refractivity contribution in [2.75, 3.05) is 11.5 Å². The molecule has 0 aromatic heterocycles. The van der Waals surface area contributed by atoms with Crippen molar-refractivity contribution < 1.29 is 19.4 Å². The SMILES string of the molecule is CCCOc1ccc(/C(O)=C2\C(=O)C(=O)N(c3cc(Cl)ccc3C)C2c2ccccc2)cc1. The predicted octanol–water partition coefficient (Wildman–Crippen LogP) is 6.06. The summed E-state index contributed by atoms with van der Waals surface area (Å²) in [5.41, 5.74) is 2.49. The van der Waals surface area contributed by atoms with Crippen molar-refractivity contribution in [2.45, 2.75) is 26.3 Å². The van der Waals surface area contributed by atoms with Crippen LogP contribution in [0.5, 0.6) is 5.75 Å². The number of anilines is 1. The molecule has 1 N–H and O–H groups in total. The molecule has 3 aromatic rings. The highest BCUT2D eigenvalue weighted by Crippen LogP contribution is 2.43. The average Bonchev–Trinajstić information content (AvgIpc) is 3.10. The third-order valence-corrected chi connectivity index (χ3v) is 5.83. The Kier molecular flexibility index (Phi) is 6.52. The number of rotatable bonds is 6. The van der Waals surface area contributed by atoms with E-state index in [-0.39, 0.29) is 11.3 Å². The number of aliphatic hydroxyl groups excluding tert-OH is 1. The minimum absolute atomic E-state index is 0.0350. The Labute approximate surface area is 197 Å². The van der Waals surface area contributed by atoms with E-state index >= 15 is 0 Å². The number of hydrogen-bond donors (Lipinski definition) is 1. The van der Waals surface area contributed by atoms with Gasteiger partial charge in [0.2, 0.25) is 0 Å². The first kappa shape index (κ1) is 22.6. The Morgan fingerprint density at radius 3 is 2.39 bits per heavy atom. The molecule has 1 saturated heterocycles. The number of Topliss-reactive ketones (excluding diaryl/α,β-unsaturated/α-hetero) is 1. The van der Waals surface area contributed by atoms with E-state index in [0.717, 1.165) is 12.0 Å². The smallest absolute Gasteiger partial charge is 0.300 e. The molecule has 168 valence electrons. The second-order valence-electron chi connectivity index (χ2n) is 7.88. The van der Waals surface area contributed by atoms with Crippen LogP contribution in [-0.2, 0) is 9.59 Å². The van der Waals surface area contributed by atoms with E-state index in [2.05, 4.69) is 0 Å². The molecule has 6 heteroatoms. The molecule has 3 aromatic carbocycles. The standard InChI is InChI=1S/C27H24ClNO4/c1-3-15-33-21-13-10-19(11-14-21)25(30)23-24(18-7-5-4-6-8-18)29(27(32)26(23)31)22-16-20(28)12-9-17(22)2/h4-14,16,24,30H,3,15H2,1-2H3/b25-23+. The zero-order valence-corrected chi connectivity index (χ0v) is 19.2. The van der Waals surface area contributed by atoms with Gasteiger partial charge in [-0.05, 0) is 60.9 Å².